The Balaban J connectivity index is 1.57. The maximum absolute atomic E-state index is 12.4. The molecular formula is C17H23NO5S2. The third-order valence-electron chi connectivity index (χ3n) is 4.83. The fraction of sp³-hybridized carbons (Fsp3) is 0.647. The molecule has 1 aromatic heterocycles. The van der Waals surface area contributed by atoms with Gasteiger partial charge in [0.15, 0.2) is 16.4 Å². The number of ether oxygens (including phenoxy) is 1. The van der Waals surface area contributed by atoms with E-state index in [1.54, 1.807) is 6.92 Å². The largest absolute Gasteiger partial charge is 0.451 e. The highest BCUT2D eigenvalue weighted by Gasteiger charge is 2.34. The second-order valence-corrected chi connectivity index (χ2v) is 9.94. The lowest BCUT2D eigenvalue weighted by Crippen LogP contribution is -2.43. The molecule has 6 nitrogen and oxygen atoms in total. The van der Waals surface area contributed by atoms with Gasteiger partial charge in [0.25, 0.3) is 5.91 Å². The maximum atomic E-state index is 12.4. The highest BCUT2D eigenvalue weighted by Crippen LogP contribution is 2.30. The number of amides is 1. The smallest absolute Gasteiger partial charge is 0.348 e. The molecule has 1 aliphatic heterocycles. The predicted molar refractivity (Wildman–Crippen MR) is 95.7 cm³/mol. The molecule has 0 aromatic carbocycles. The van der Waals surface area contributed by atoms with Gasteiger partial charge in [0, 0.05) is 17.5 Å². The van der Waals surface area contributed by atoms with Gasteiger partial charge in [-0.05, 0) is 50.7 Å². The Morgan fingerprint density at radius 2 is 2.08 bits per heavy atom. The standard InChI is InChI=1S/C17H23NO5S2/c1-2-18(13-7-8-25(21,22)11-13)16(19)10-23-17(20)15-9-12-5-3-4-6-14(12)24-15/h9,13H,2-8,10-11H2,1H3/t13-/m0/s1. The molecule has 1 aromatic rings. The number of nitrogens with zero attached hydrogens (tertiary/aromatic N) is 1. The molecule has 1 atom stereocenters. The quantitative estimate of drug-likeness (QED) is 0.722. The first-order chi connectivity index (χ1) is 11.9. The fourth-order valence-electron chi connectivity index (χ4n) is 3.53. The Hall–Kier alpha value is -1.41. The van der Waals surface area contributed by atoms with Crippen molar-refractivity contribution in [3.05, 3.63) is 21.4 Å². The van der Waals surface area contributed by atoms with E-state index < -0.39 is 15.8 Å². The number of aryl methyl sites for hydroxylation is 2. The van der Waals surface area contributed by atoms with E-state index in [1.165, 1.54) is 26.7 Å². The molecule has 138 valence electrons. The number of hydrogen-bond donors (Lipinski definition) is 0. The van der Waals surface area contributed by atoms with Gasteiger partial charge in [0.05, 0.1) is 11.5 Å². The van der Waals surface area contributed by atoms with Gasteiger partial charge >= 0.3 is 5.97 Å². The Labute approximate surface area is 152 Å². The lowest BCUT2D eigenvalue weighted by atomic mass is 9.99. The summed E-state index contributed by atoms with van der Waals surface area (Å²) >= 11 is 1.46. The van der Waals surface area contributed by atoms with Crippen molar-refractivity contribution in [3.8, 4) is 0 Å². The lowest BCUT2D eigenvalue weighted by Gasteiger charge is -2.26. The van der Waals surface area contributed by atoms with E-state index in [0.29, 0.717) is 17.8 Å². The molecule has 0 unspecified atom stereocenters. The first kappa shape index (κ1) is 18.4. The molecule has 1 fully saturated rings. The average Bonchev–Trinajstić information content (AvgIpc) is 3.16. The second-order valence-electron chi connectivity index (χ2n) is 6.58. The highest BCUT2D eigenvalue weighted by atomic mass is 32.2. The monoisotopic (exact) mass is 385 g/mol. The lowest BCUT2D eigenvalue weighted by molar-refractivity contribution is -0.136. The van der Waals surface area contributed by atoms with Gasteiger partial charge in [-0.25, -0.2) is 13.2 Å². The molecule has 2 heterocycles. The highest BCUT2D eigenvalue weighted by molar-refractivity contribution is 7.91. The number of carbonyl (C=O) groups is 2. The van der Waals surface area contributed by atoms with Gasteiger partial charge in [-0.1, -0.05) is 0 Å². The van der Waals surface area contributed by atoms with Crippen molar-refractivity contribution in [3.63, 3.8) is 0 Å². The summed E-state index contributed by atoms with van der Waals surface area (Å²) in [7, 11) is -3.06. The third-order valence-corrected chi connectivity index (χ3v) is 7.80. The van der Waals surface area contributed by atoms with Crippen LogP contribution in [0.2, 0.25) is 0 Å². The van der Waals surface area contributed by atoms with Crippen LogP contribution in [0.1, 0.15) is 46.3 Å². The zero-order valence-corrected chi connectivity index (χ0v) is 16.0. The Morgan fingerprint density at radius 1 is 1.32 bits per heavy atom. The second kappa shape index (κ2) is 7.45. The van der Waals surface area contributed by atoms with Crippen molar-refractivity contribution in [1.29, 1.82) is 0 Å². The van der Waals surface area contributed by atoms with Crippen LogP contribution in [-0.2, 0) is 32.2 Å². The summed E-state index contributed by atoms with van der Waals surface area (Å²) in [5.41, 5.74) is 1.22. The molecule has 0 radical (unpaired) electrons. The van der Waals surface area contributed by atoms with Crippen molar-refractivity contribution < 1.29 is 22.7 Å². The van der Waals surface area contributed by atoms with Crippen molar-refractivity contribution >= 4 is 33.1 Å². The summed E-state index contributed by atoms with van der Waals surface area (Å²) in [6.07, 6.45) is 4.75. The van der Waals surface area contributed by atoms with E-state index in [2.05, 4.69) is 0 Å². The number of esters is 1. The van der Waals surface area contributed by atoms with E-state index in [1.807, 2.05) is 6.07 Å². The summed E-state index contributed by atoms with van der Waals surface area (Å²) in [6.45, 7) is 1.87. The number of rotatable bonds is 5. The van der Waals surface area contributed by atoms with Crippen LogP contribution in [0.15, 0.2) is 6.07 Å². The topological polar surface area (TPSA) is 80.8 Å². The number of sulfone groups is 1. The van der Waals surface area contributed by atoms with E-state index in [0.717, 1.165) is 25.7 Å². The Morgan fingerprint density at radius 3 is 2.72 bits per heavy atom. The third kappa shape index (κ3) is 4.23. The minimum atomic E-state index is -3.06. The summed E-state index contributed by atoms with van der Waals surface area (Å²) in [4.78, 5) is 27.9. The predicted octanol–water partition coefficient (Wildman–Crippen LogP) is 1.82. The molecular weight excluding hydrogens is 362 g/mol. The van der Waals surface area contributed by atoms with Gasteiger partial charge in [-0.3, -0.25) is 4.79 Å². The molecule has 3 rings (SSSR count). The zero-order valence-electron chi connectivity index (χ0n) is 14.3. The molecule has 8 heteroatoms. The number of fused-ring (bicyclic) bond motifs is 1. The fourth-order valence-corrected chi connectivity index (χ4v) is 6.41. The van der Waals surface area contributed by atoms with Crippen LogP contribution in [0.5, 0.6) is 0 Å². The Bertz CT molecular complexity index is 745. The average molecular weight is 386 g/mol. The van der Waals surface area contributed by atoms with E-state index >= 15 is 0 Å². The van der Waals surface area contributed by atoms with Crippen LogP contribution < -0.4 is 0 Å². The van der Waals surface area contributed by atoms with Crippen LogP contribution in [0.25, 0.3) is 0 Å². The molecule has 0 spiro atoms. The van der Waals surface area contributed by atoms with Gasteiger partial charge in [0.2, 0.25) is 0 Å². The van der Waals surface area contributed by atoms with Crippen molar-refractivity contribution in [1.82, 2.24) is 4.90 Å². The van der Waals surface area contributed by atoms with Crippen LogP contribution in [0, 0.1) is 0 Å². The summed E-state index contributed by atoms with van der Waals surface area (Å²) < 4.78 is 28.4. The molecule has 0 N–H and O–H groups in total. The molecule has 2 aliphatic rings. The van der Waals surface area contributed by atoms with Crippen molar-refractivity contribution in [2.24, 2.45) is 0 Å². The van der Waals surface area contributed by atoms with Crippen LogP contribution in [0.3, 0.4) is 0 Å². The summed E-state index contributed by atoms with van der Waals surface area (Å²) in [6, 6.07) is 1.57. The van der Waals surface area contributed by atoms with E-state index in [4.69, 9.17) is 4.74 Å². The van der Waals surface area contributed by atoms with Crippen LogP contribution in [-0.4, -0.2) is 55.9 Å². The minimum Gasteiger partial charge on any atom is -0.451 e. The first-order valence-corrected chi connectivity index (χ1v) is 11.3. The minimum absolute atomic E-state index is 0.00181. The van der Waals surface area contributed by atoms with E-state index in [9.17, 15) is 18.0 Å². The molecule has 1 aliphatic carbocycles. The number of carbonyl (C=O) groups excluding carboxylic acids is 2. The van der Waals surface area contributed by atoms with Gasteiger partial charge in [-0.2, -0.15) is 0 Å². The van der Waals surface area contributed by atoms with Gasteiger partial charge in [0.1, 0.15) is 4.88 Å². The summed E-state index contributed by atoms with van der Waals surface area (Å²) in [5, 5.41) is 0. The van der Waals surface area contributed by atoms with Crippen molar-refractivity contribution in [2.75, 3.05) is 24.7 Å². The SMILES string of the molecule is CCN(C(=O)COC(=O)c1cc2c(s1)CCCC2)[C@H]1CCS(=O)(=O)C1. The first-order valence-electron chi connectivity index (χ1n) is 8.68. The molecule has 1 saturated heterocycles. The van der Waals surface area contributed by atoms with Crippen LogP contribution >= 0.6 is 11.3 Å². The van der Waals surface area contributed by atoms with Gasteiger partial charge in [-0.15, -0.1) is 11.3 Å². The maximum Gasteiger partial charge on any atom is 0.348 e. The normalized spacial score (nSPS) is 21.6. The number of thiophene rings is 1. The molecule has 25 heavy (non-hydrogen) atoms. The zero-order chi connectivity index (χ0) is 18.0. The molecule has 0 saturated carbocycles. The van der Waals surface area contributed by atoms with Gasteiger partial charge < -0.3 is 9.64 Å². The van der Waals surface area contributed by atoms with Crippen LogP contribution in [0.4, 0.5) is 0 Å². The summed E-state index contributed by atoms with van der Waals surface area (Å²) in [5.74, 6) is -0.692. The van der Waals surface area contributed by atoms with Crippen molar-refractivity contribution in [2.45, 2.75) is 45.1 Å². The number of likely N-dealkylation sites (N-methyl/N-ethyl adjacent to an activating group) is 1. The number of hydrogen-bond acceptors (Lipinski definition) is 6. The Kier molecular flexibility index (Phi) is 5.48. The molecule has 0 bridgehead atoms. The van der Waals surface area contributed by atoms with E-state index in [-0.39, 0.29) is 30.1 Å². The molecule has 1 amide bonds.